The number of methoxy groups -OCH3 is 1. The minimum Gasteiger partial charge on any atom is -0.367 e. The second-order valence-corrected chi connectivity index (χ2v) is 5.17. The van der Waals surface area contributed by atoms with Crippen molar-refractivity contribution in [2.45, 2.75) is 13.0 Å². The lowest BCUT2D eigenvalue weighted by Gasteiger charge is -2.36. The average Bonchev–Trinajstić information content (AvgIpc) is 2.57. The van der Waals surface area contributed by atoms with Gasteiger partial charge in [0.25, 0.3) is 5.91 Å². The third-order valence-electron chi connectivity index (χ3n) is 3.77. The first-order valence-corrected chi connectivity index (χ1v) is 7.56. The Bertz CT molecular complexity index is 499. The van der Waals surface area contributed by atoms with Gasteiger partial charge in [0.1, 0.15) is 0 Å². The fraction of sp³-hybridized carbons (Fsp3) is 0.500. The molecular weight excluding hydrogens is 282 g/mol. The molecule has 1 fully saturated rings. The summed E-state index contributed by atoms with van der Waals surface area (Å²) in [5.74, 6) is -0.0516. The molecule has 120 valence electrons. The van der Waals surface area contributed by atoms with Gasteiger partial charge in [-0.25, -0.2) is 4.79 Å². The molecule has 1 N–H and O–H groups in total. The number of amides is 3. The fourth-order valence-corrected chi connectivity index (χ4v) is 2.57. The lowest BCUT2D eigenvalue weighted by atomic mass is 10.1. The molecule has 0 spiro atoms. The summed E-state index contributed by atoms with van der Waals surface area (Å²) in [6, 6.07) is 9.39. The van der Waals surface area contributed by atoms with E-state index in [1.165, 1.54) is 0 Å². The Morgan fingerprint density at radius 1 is 1.14 bits per heavy atom. The van der Waals surface area contributed by atoms with Crippen molar-refractivity contribution in [3.63, 3.8) is 0 Å². The number of urea groups is 1. The number of hydrogen-bond donors (Lipinski definition) is 1. The lowest BCUT2D eigenvalue weighted by Crippen LogP contribution is -2.54. The van der Waals surface area contributed by atoms with Gasteiger partial charge in [-0.1, -0.05) is 30.3 Å². The van der Waals surface area contributed by atoms with E-state index in [4.69, 9.17) is 4.74 Å². The first-order chi connectivity index (χ1) is 10.7. The van der Waals surface area contributed by atoms with Crippen LogP contribution >= 0.6 is 0 Å². The molecule has 0 aromatic heterocycles. The number of piperazine rings is 1. The van der Waals surface area contributed by atoms with Crippen LogP contribution in [0.1, 0.15) is 18.6 Å². The van der Waals surface area contributed by atoms with Crippen LogP contribution in [0, 0.1) is 0 Å². The SMILES string of the molecule is CCNC(=O)N1CCN(C(=O)C(OC)c2ccccc2)CC1. The standard InChI is InChI=1S/C16H23N3O3/c1-3-17-16(21)19-11-9-18(10-12-19)15(20)14(22-2)13-7-5-4-6-8-13/h4-8,14H,3,9-12H2,1-2H3,(H,17,21). The van der Waals surface area contributed by atoms with Crippen molar-refractivity contribution in [3.05, 3.63) is 35.9 Å². The van der Waals surface area contributed by atoms with Crippen molar-refractivity contribution in [2.75, 3.05) is 39.8 Å². The first-order valence-electron chi connectivity index (χ1n) is 7.56. The highest BCUT2D eigenvalue weighted by atomic mass is 16.5. The second kappa shape index (κ2) is 7.79. The van der Waals surface area contributed by atoms with E-state index < -0.39 is 6.10 Å². The molecule has 0 bridgehead atoms. The number of carbonyl (C=O) groups excluding carboxylic acids is 2. The normalized spacial score (nSPS) is 16.3. The number of carbonyl (C=O) groups is 2. The van der Waals surface area contributed by atoms with Crippen LogP contribution < -0.4 is 5.32 Å². The van der Waals surface area contributed by atoms with Crippen LogP contribution in [0.4, 0.5) is 4.79 Å². The number of ether oxygens (including phenoxy) is 1. The molecule has 0 aliphatic carbocycles. The number of nitrogens with one attached hydrogen (secondary N) is 1. The maximum Gasteiger partial charge on any atom is 0.317 e. The molecule has 1 saturated heterocycles. The molecule has 22 heavy (non-hydrogen) atoms. The zero-order valence-corrected chi connectivity index (χ0v) is 13.1. The van der Waals surface area contributed by atoms with E-state index in [-0.39, 0.29) is 11.9 Å². The molecule has 1 aromatic rings. The molecule has 1 heterocycles. The van der Waals surface area contributed by atoms with Gasteiger partial charge in [-0.15, -0.1) is 0 Å². The van der Waals surface area contributed by atoms with Crippen molar-refractivity contribution in [1.29, 1.82) is 0 Å². The molecule has 1 aliphatic heterocycles. The largest absolute Gasteiger partial charge is 0.367 e. The first kappa shape index (κ1) is 16.3. The van der Waals surface area contributed by atoms with E-state index >= 15 is 0 Å². The van der Waals surface area contributed by atoms with Crippen LogP contribution in [0.3, 0.4) is 0 Å². The Balaban J connectivity index is 1.95. The van der Waals surface area contributed by atoms with Gasteiger partial charge < -0.3 is 19.9 Å². The maximum absolute atomic E-state index is 12.6. The topological polar surface area (TPSA) is 61.9 Å². The predicted molar refractivity (Wildman–Crippen MR) is 83.4 cm³/mol. The molecule has 0 saturated carbocycles. The van der Waals surface area contributed by atoms with Gasteiger partial charge in [-0.05, 0) is 12.5 Å². The summed E-state index contributed by atoms with van der Waals surface area (Å²) in [4.78, 5) is 27.9. The predicted octanol–water partition coefficient (Wildman–Crippen LogP) is 1.25. The monoisotopic (exact) mass is 305 g/mol. The van der Waals surface area contributed by atoms with E-state index in [2.05, 4.69) is 5.32 Å². The molecule has 1 atom stereocenters. The smallest absolute Gasteiger partial charge is 0.317 e. The van der Waals surface area contributed by atoms with Crippen molar-refractivity contribution in [1.82, 2.24) is 15.1 Å². The molecule has 6 heteroatoms. The van der Waals surface area contributed by atoms with Crippen molar-refractivity contribution < 1.29 is 14.3 Å². The number of benzene rings is 1. The highest BCUT2D eigenvalue weighted by Crippen LogP contribution is 2.20. The summed E-state index contributed by atoms with van der Waals surface area (Å²) in [5, 5.41) is 2.78. The molecule has 1 aliphatic rings. The highest BCUT2D eigenvalue weighted by Gasteiger charge is 2.29. The van der Waals surface area contributed by atoms with Crippen LogP contribution in [0.5, 0.6) is 0 Å². The van der Waals surface area contributed by atoms with Crippen LogP contribution in [-0.2, 0) is 9.53 Å². The van der Waals surface area contributed by atoms with Gasteiger partial charge in [-0.3, -0.25) is 4.79 Å². The van der Waals surface area contributed by atoms with Crippen LogP contribution in [0.2, 0.25) is 0 Å². The maximum atomic E-state index is 12.6. The number of hydrogen-bond acceptors (Lipinski definition) is 3. The van der Waals surface area contributed by atoms with E-state index in [1.54, 1.807) is 16.9 Å². The van der Waals surface area contributed by atoms with Crippen molar-refractivity contribution in [2.24, 2.45) is 0 Å². The van der Waals surface area contributed by atoms with Crippen LogP contribution in [0.25, 0.3) is 0 Å². The third kappa shape index (κ3) is 3.76. The van der Waals surface area contributed by atoms with Gasteiger partial charge in [0, 0.05) is 39.8 Å². The number of rotatable bonds is 4. The van der Waals surface area contributed by atoms with E-state index in [0.717, 1.165) is 5.56 Å². The van der Waals surface area contributed by atoms with Gasteiger partial charge in [0.15, 0.2) is 6.10 Å². The number of nitrogens with zero attached hydrogens (tertiary/aromatic N) is 2. The molecule has 3 amide bonds. The Morgan fingerprint density at radius 3 is 2.27 bits per heavy atom. The Labute approximate surface area is 131 Å². The van der Waals surface area contributed by atoms with E-state index in [9.17, 15) is 9.59 Å². The Morgan fingerprint density at radius 2 is 1.73 bits per heavy atom. The second-order valence-electron chi connectivity index (χ2n) is 5.17. The molecule has 2 rings (SSSR count). The van der Waals surface area contributed by atoms with Crippen LogP contribution in [0.15, 0.2) is 30.3 Å². The lowest BCUT2D eigenvalue weighted by molar-refractivity contribution is -0.143. The molecule has 0 radical (unpaired) electrons. The van der Waals surface area contributed by atoms with Gasteiger partial charge in [0.05, 0.1) is 0 Å². The van der Waals surface area contributed by atoms with E-state index in [0.29, 0.717) is 32.7 Å². The summed E-state index contributed by atoms with van der Waals surface area (Å²) in [7, 11) is 1.54. The van der Waals surface area contributed by atoms with Crippen LogP contribution in [-0.4, -0.2) is 61.6 Å². The molecular formula is C16H23N3O3. The minimum atomic E-state index is -0.586. The van der Waals surface area contributed by atoms with Gasteiger partial charge in [-0.2, -0.15) is 0 Å². The summed E-state index contributed by atoms with van der Waals surface area (Å²) in [6.07, 6.45) is -0.586. The quantitative estimate of drug-likeness (QED) is 0.910. The third-order valence-corrected chi connectivity index (χ3v) is 3.77. The van der Waals surface area contributed by atoms with Gasteiger partial charge >= 0.3 is 6.03 Å². The molecule has 6 nitrogen and oxygen atoms in total. The van der Waals surface area contributed by atoms with E-state index in [1.807, 2.05) is 37.3 Å². The molecule has 1 unspecified atom stereocenters. The zero-order valence-electron chi connectivity index (χ0n) is 13.1. The Hall–Kier alpha value is -2.08. The van der Waals surface area contributed by atoms with Crippen molar-refractivity contribution >= 4 is 11.9 Å². The Kier molecular flexibility index (Phi) is 5.77. The zero-order chi connectivity index (χ0) is 15.9. The fourth-order valence-electron chi connectivity index (χ4n) is 2.57. The average molecular weight is 305 g/mol. The summed E-state index contributed by atoms with van der Waals surface area (Å²) >= 11 is 0. The summed E-state index contributed by atoms with van der Waals surface area (Å²) in [5.41, 5.74) is 0.848. The summed E-state index contributed by atoms with van der Waals surface area (Å²) in [6.45, 7) is 4.65. The minimum absolute atomic E-state index is 0.0516. The molecule has 1 aromatic carbocycles. The summed E-state index contributed by atoms with van der Waals surface area (Å²) < 4.78 is 5.38. The van der Waals surface area contributed by atoms with Gasteiger partial charge in [0.2, 0.25) is 0 Å². The van der Waals surface area contributed by atoms with Crippen molar-refractivity contribution in [3.8, 4) is 0 Å². The highest BCUT2D eigenvalue weighted by molar-refractivity contribution is 5.83.